The SMILES string of the molecule is C=C/C=C(F)\C(C#N)=C/C. The minimum Gasteiger partial charge on any atom is -0.206 e. The van der Waals surface area contributed by atoms with E-state index in [0.717, 1.165) is 6.08 Å². The summed E-state index contributed by atoms with van der Waals surface area (Å²) in [5.74, 6) is -0.542. The summed E-state index contributed by atoms with van der Waals surface area (Å²) >= 11 is 0. The van der Waals surface area contributed by atoms with Crippen molar-refractivity contribution in [3.63, 3.8) is 0 Å². The summed E-state index contributed by atoms with van der Waals surface area (Å²) < 4.78 is 12.6. The summed E-state index contributed by atoms with van der Waals surface area (Å²) in [6, 6.07) is 1.71. The van der Waals surface area contributed by atoms with Crippen molar-refractivity contribution in [2.75, 3.05) is 0 Å². The molecule has 0 aliphatic heterocycles. The Morgan fingerprint density at radius 1 is 1.70 bits per heavy atom. The van der Waals surface area contributed by atoms with E-state index in [1.807, 2.05) is 0 Å². The highest BCUT2D eigenvalue weighted by Gasteiger charge is 1.97. The zero-order valence-corrected chi connectivity index (χ0v) is 5.76. The first-order valence-corrected chi connectivity index (χ1v) is 2.81. The molecule has 0 rings (SSSR count). The molecule has 0 spiro atoms. The normalized spacial score (nSPS) is 12.5. The third-order valence-corrected chi connectivity index (χ3v) is 0.931. The summed E-state index contributed by atoms with van der Waals surface area (Å²) in [7, 11) is 0. The second kappa shape index (κ2) is 4.51. The van der Waals surface area contributed by atoms with Crippen LogP contribution in [0.4, 0.5) is 4.39 Å². The minimum absolute atomic E-state index is 0.0416. The third-order valence-electron chi connectivity index (χ3n) is 0.931. The fourth-order valence-electron chi connectivity index (χ4n) is 0.449. The smallest absolute Gasteiger partial charge is 0.140 e. The van der Waals surface area contributed by atoms with Gasteiger partial charge in [-0.05, 0) is 13.0 Å². The van der Waals surface area contributed by atoms with Crippen molar-refractivity contribution in [1.29, 1.82) is 5.26 Å². The zero-order chi connectivity index (χ0) is 7.98. The molecule has 52 valence electrons. The summed E-state index contributed by atoms with van der Waals surface area (Å²) in [6.07, 6.45) is 3.87. The van der Waals surface area contributed by atoms with Gasteiger partial charge in [-0.1, -0.05) is 18.7 Å². The number of halogens is 1. The maximum absolute atomic E-state index is 12.6. The monoisotopic (exact) mass is 137 g/mol. The van der Waals surface area contributed by atoms with Crippen LogP contribution in [0, 0.1) is 11.3 Å². The molecule has 10 heavy (non-hydrogen) atoms. The zero-order valence-electron chi connectivity index (χ0n) is 5.76. The molecule has 0 aromatic heterocycles. The van der Waals surface area contributed by atoms with E-state index in [9.17, 15) is 4.39 Å². The lowest BCUT2D eigenvalue weighted by atomic mass is 10.2. The summed E-state index contributed by atoms with van der Waals surface area (Å²) in [6.45, 7) is 4.90. The Morgan fingerprint density at radius 3 is 2.60 bits per heavy atom. The molecule has 1 nitrogen and oxygen atoms in total. The lowest BCUT2D eigenvalue weighted by Gasteiger charge is -1.87. The summed E-state index contributed by atoms with van der Waals surface area (Å²) in [5.41, 5.74) is 0.0416. The Labute approximate surface area is 59.8 Å². The Bertz CT molecular complexity index is 218. The van der Waals surface area contributed by atoms with E-state index >= 15 is 0 Å². The van der Waals surface area contributed by atoms with E-state index < -0.39 is 5.83 Å². The molecule has 0 aromatic rings. The van der Waals surface area contributed by atoms with Gasteiger partial charge in [0.15, 0.2) is 0 Å². The lowest BCUT2D eigenvalue weighted by Crippen LogP contribution is -1.76. The largest absolute Gasteiger partial charge is 0.206 e. The minimum atomic E-state index is -0.542. The number of nitrogens with zero attached hydrogens (tertiary/aromatic N) is 1. The first-order chi connectivity index (χ1) is 4.76. The molecule has 0 fully saturated rings. The highest BCUT2D eigenvalue weighted by atomic mass is 19.1. The fraction of sp³-hybridized carbons (Fsp3) is 0.125. The van der Waals surface area contributed by atoms with Crippen molar-refractivity contribution in [3.05, 3.63) is 36.2 Å². The lowest BCUT2D eigenvalue weighted by molar-refractivity contribution is 0.658. The molecule has 0 saturated heterocycles. The Morgan fingerprint density at radius 2 is 2.30 bits per heavy atom. The summed E-state index contributed by atoms with van der Waals surface area (Å²) in [4.78, 5) is 0. The van der Waals surface area contributed by atoms with Crippen LogP contribution < -0.4 is 0 Å². The van der Waals surface area contributed by atoms with E-state index in [-0.39, 0.29) is 5.57 Å². The third kappa shape index (κ3) is 2.27. The fourth-order valence-corrected chi connectivity index (χ4v) is 0.449. The molecule has 0 amide bonds. The topological polar surface area (TPSA) is 23.8 Å². The molecule has 0 saturated carbocycles. The van der Waals surface area contributed by atoms with Gasteiger partial charge in [-0.3, -0.25) is 0 Å². The van der Waals surface area contributed by atoms with E-state index in [4.69, 9.17) is 5.26 Å². The van der Waals surface area contributed by atoms with Gasteiger partial charge in [-0.25, -0.2) is 4.39 Å². The van der Waals surface area contributed by atoms with Gasteiger partial charge >= 0.3 is 0 Å². The van der Waals surface area contributed by atoms with Crippen LogP contribution >= 0.6 is 0 Å². The maximum atomic E-state index is 12.6. The quantitative estimate of drug-likeness (QED) is 0.423. The van der Waals surface area contributed by atoms with E-state index in [1.165, 1.54) is 12.2 Å². The van der Waals surface area contributed by atoms with Gasteiger partial charge in [0.1, 0.15) is 11.9 Å². The van der Waals surface area contributed by atoms with Crippen molar-refractivity contribution < 1.29 is 4.39 Å². The van der Waals surface area contributed by atoms with Crippen LogP contribution in [0.25, 0.3) is 0 Å². The molecule has 0 heterocycles. The second-order valence-corrected chi connectivity index (χ2v) is 1.56. The molecular formula is C8H8FN. The summed E-state index contributed by atoms with van der Waals surface area (Å²) in [5, 5.41) is 8.29. The molecule has 0 N–H and O–H groups in total. The molecule has 0 aliphatic carbocycles. The Hall–Kier alpha value is -1.36. The second-order valence-electron chi connectivity index (χ2n) is 1.56. The molecule has 0 radical (unpaired) electrons. The number of hydrogen-bond acceptors (Lipinski definition) is 1. The van der Waals surface area contributed by atoms with Crippen LogP contribution in [-0.2, 0) is 0 Å². The predicted molar refractivity (Wildman–Crippen MR) is 38.8 cm³/mol. The molecule has 0 bridgehead atoms. The Kier molecular flexibility index (Phi) is 3.90. The van der Waals surface area contributed by atoms with Gasteiger partial charge in [-0.15, -0.1) is 0 Å². The first kappa shape index (κ1) is 8.64. The molecule has 0 unspecified atom stereocenters. The van der Waals surface area contributed by atoms with Crippen LogP contribution in [0.1, 0.15) is 6.92 Å². The number of hydrogen-bond donors (Lipinski definition) is 0. The van der Waals surface area contributed by atoms with Crippen molar-refractivity contribution in [3.8, 4) is 6.07 Å². The van der Waals surface area contributed by atoms with Crippen LogP contribution in [0.3, 0.4) is 0 Å². The van der Waals surface area contributed by atoms with Gasteiger partial charge in [0, 0.05) is 0 Å². The van der Waals surface area contributed by atoms with E-state index in [1.54, 1.807) is 13.0 Å². The van der Waals surface area contributed by atoms with E-state index in [2.05, 4.69) is 6.58 Å². The highest BCUT2D eigenvalue weighted by molar-refractivity contribution is 5.38. The average molecular weight is 137 g/mol. The van der Waals surface area contributed by atoms with Gasteiger partial charge in [0.25, 0.3) is 0 Å². The van der Waals surface area contributed by atoms with Crippen LogP contribution in [-0.4, -0.2) is 0 Å². The van der Waals surface area contributed by atoms with Crippen LogP contribution in [0.5, 0.6) is 0 Å². The number of nitriles is 1. The number of allylic oxidation sites excluding steroid dienone is 5. The van der Waals surface area contributed by atoms with Crippen molar-refractivity contribution in [2.24, 2.45) is 0 Å². The van der Waals surface area contributed by atoms with Crippen LogP contribution in [0.15, 0.2) is 36.2 Å². The van der Waals surface area contributed by atoms with Crippen LogP contribution in [0.2, 0.25) is 0 Å². The Balaban J connectivity index is 4.51. The van der Waals surface area contributed by atoms with Gasteiger partial charge in [-0.2, -0.15) is 5.26 Å². The maximum Gasteiger partial charge on any atom is 0.140 e. The number of rotatable bonds is 2. The van der Waals surface area contributed by atoms with Crippen molar-refractivity contribution >= 4 is 0 Å². The molecule has 2 heteroatoms. The predicted octanol–water partition coefficient (Wildman–Crippen LogP) is 2.50. The van der Waals surface area contributed by atoms with E-state index in [0.29, 0.717) is 0 Å². The first-order valence-electron chi connectivity index (χ1n) is 2.81. The molecule has 0 atom stereocenters. The van der Waals surface area contributed by atoms with Crippen molar-refractivity contribution in [2.45, 2.75) is 6.92 Å². The molecular weight excluding hydrogens is 129 g/mol. The average Bonchev–Trinajstić information content (AvgIpc) is 1.91. The highest BCUT2D eigenvalue weighted by Crippen LogP contribution is 2.09. The van der Waals surface area contributed by atoms with Gasteiger partial charge in [0.2, 0.25) is 0 Å². The van der Waals surface area contributed by atoms with Crippen molar-refractivity contribution in [1.82, 2.24) is 0 Å². The van der Waals surface area contributed by atoms with Gasteiger partial charge < -0.3 is 0 Å². The standard InChI is InChI=1S/C8H8FN/c1-3-5-8(9)7(4-2)6-10/h3-5H,1H2,2H3/b7-4-,8-5+. The molecule has 0 aliphatic rings. The molecule has 0 aromatic carbocycles. The van der Waals surface area contributed by atoms with Gasteiger partial charge in [0.05, 0.1) is 5.57 Å².